The number of nitrogens with one attached hydrogen (secondary N) is 1. The first-order valence-electron chi connectivity index (χ1n) is 6.58. The quantitative estimate of drug-likeness (QED) is 0.612. The summed E-state index contributed by atoms with van der Waals surface area (Å²) >= 11 is 15.7. The van der Waals surface area contributed by atoms with Crippen molar-refractivity contribution in [2.24, 2.45) is 0 Å². The molecule has 0 radical (unpaired) electrons. The molecule has 0 saturated heterocycles. The number of anilines is 2. The van der Waals surface area contributed by atoms with Gasteiger partial charge in [0, 0.05) is 10.5 Å². The van der Waals surface area contributed by atoms with E-state index in [2.05, 4.69) is 50.0 Å². The molecule has 0 spiro atoms. The van der Waals surface area contributed by atoms with Gasteiger partial charge in [-0.25, -0.2) is 4.98 Å². The number of hydrogen-bond donors (Lipinski definition) is 1. The average molecular weight is 401 g/mol. The molecule has 0 amide bonds. The van der Waals surface area contributed by atoms with Crippen molar-refractivity contribution in [2.75, 3.05) is 5.32 Å². The fourth-order valence-corrected chi connectivity index (χ4v) is 2.96. The lowest BCUT2D eigenvalue weighted by Crippen LogP contribution is -2.02. The average Bonchev–Trinajstić information content (AvgIpc) is 2.85. The molecule has 0 unspecified atom stereocenters. The van der Waals surface area contributed by atoms with E-state index in [1.54, 1.807) is 12.4 Å². The van der Waals surface area contributed by atoms with Crippen LogP contribution in [-0.4, -0.2) is 19.5 Å². The molecule has 2 heterocycles. The zero-order valence-electron chi connectivity index (χ0n) is 11.8. The van der Waals surface area contributed by atoms with Crippen LogP contribution in [-0.2, 0) is 0 Å². The molecule has 0 aliphatic rings. The molecule has 1 N–H and O–H groups in total. The Kier molecular flexibility index (Phi) is 4.25. The van der Waals surface area contributed by atoms with Crippen LogP contribution in [0.5, 0.6) is 0 Å². The van der Waals surface area contributed by atoms with Gasteiger partial charge in [0.1, 0.15) is 0 Å². The minimum atomic E-state index is 0.158. The number of imidazole rings is 1. The number of benzene rings is 1. The highest BCUT2D eigenvalue weighted by atomic mass is 79.9. The molecule has 3 rings (SSSR count). The smallest absolute Gasteiger partial charge is 0.226 e. The van der Waals surface area contributed by atoms with Gasteiger partial charge in [0.2, 0.25) is 5.28 Å². The van der Waals surface area contributed by atoms with Crippen LogP contribution in [0.25, 0.3) is 11.2 Å². The molecule has 2 aromatic heterocycles. The molecule has 8 heteroatoms. The van der Waals surface area contributed by atoms with E-state index in [1.165, 1.54) is 0 Å². The predicted molar refractivity (Wildman–Crippen MR) is 93.2 cm³/mol. The Morgan fingerprint density at radius 3 is 2.68 bits per heavy atom. The largest absolute Gasteiger partial charge is 0.337 e. The fraction of sp³-hybridized carbons (Fsp3) is 0.214. The van der Waals surface area contributed by atoms with Crippen molar-refractivity contribution in [3.05, 3.63) is 39.3 Å². The normalized spacial score (nSPS) is 11.4. The molecule has 0 aliphatic heterocycles. The molecule has 1 aromatic carbocycles. The first-order valence-corrected chi connectivity index (χ1v) is 8.12. The molecule has 3 aromatic rings. The number of rotatable bonds is 3. The number of nitrogens with zero attached hydrogens (tertiary/aromatic N) is 4. The van der Waals surface area contributed by atoms with Gasteiger partial charge in [-0.1, -0.05) is 27.5 Å². The van der Waals surface area contributed by atoms with Gasteiger partial charge in [-0.3, -0.25) is 0 Å². The van der Waals surface area contributed by atoms with Crippen molar-refractivity contribution in [3.63, 3.8) is 0 Å². The van der Waals surface area contributed by atoms with Crippen LogP contribution in [0.3, 0.4) is 0 Å². The summed E-state index contributed by atoms with van der Waals surface area (Å²) in [7, 11) is 0. The second-order valence-corrected chi connectivity index (χ2v) is 6.67. The van der Waals surface area contributed by atoms with E-state index >= 15 is 0 Å². The molecule has 0 saturated carbocycles. The van der Waals surface area contributed by atoms with Crippen LogP contribution < -0.4 is 5.32 Å². The van der Waals surface area contributed by atoms with Crippen LogP contribution >= 0.6 is 39.1 Å². The monoisotopic (exact) mass is 399 g/mol. The molecular formula is C14H12BrCl2N5. The van der Waals surface area contributed by atoms with E-state index < -0.39 is 0 Å². The minimum absolute atomic E-state index is 0.158. The summed E-state index contributed by atoms with van der Waals surface area (Å²) in [5.41, 5.74) is 2.06. The first kappa shape index (κ1) is 15.5. The Morgan fingerprint density at radius 1 is 1.23 bits per heavy atom. The van der Waals surface area contributed by atoms with Gasteiger partial charge in [-0.2, -0.15) is 9.97 Å². The molecule has 114 valence electrons. The second kappa shape index (κ2) is 6.02. The lowest BCUT2D eigenvalue weighted by atomic mass is 10.3. The Balaban J connectivity index is 2.10. The van der Waals surface area contributed by atoms with Gasteiger partial charge in [-0.15, -0.1) is 0 Å². The standard InChI is InChI=1S/C14H12BrCl2N5/c1-7(2)22-6-18-11-12(20-14(17)21-13(11)22)19-10-4-3-8(15)5-9(10)16/h3-7H,1-2H3,(H,19,20,21). The third-order valence-corrected chi connectivity index (χ3v) is 4.11. The van der Waals surface area contributed by atoms with Crippen molar-refractivity contribution in [1.29, 1.82) is 0 Å². The van der Waals surface area contributed by atoms with E-state index in [9.17, 15) is 0 Å². The van der Waals surface area contributed by atoms with E-state index in [0.29, 0.717) is 22.0 Å². The van der Waals surface area contributed by atoms with Gasteiger partial charge >= 0.3 is 0 Å². The molecule has 5 nitrogen and oxygen atoms in total. The maximum Gasteiger partial charge on any atom is 0.226 e. The predicted octanol–water partition coefficient (Wildman–Crippen LogP) is 5.22. The summed E-state index contributed by atoms with van der Waals surface area (Å²) in [5, 5.41) is 3.90. The third kappa shape index (κ3) is 2.91. The highest BCUT2D eigenvalue weighted by molar-refractivity contribution is 9.10. The van der Waals surface area contributed by atoms with Crippen molar-refractivity contribution in [1.82, 2.24) is 19.5 Å². The first-order chi connectivity index (χ1) is 10.5. The maximum absolute atomic E-state index is 6.23. The molecular weight excluding hydrogens is 389 g/mol. The number of fused-ring (bicyclic) bond motifs is 1. The van der Waals surface area contributed by atoms with Crippen LogP contribution in [0.1, 0.15) is 19.9 Å². The second-order valence-electron chi connectivity index (χ2n) is 5.01. The molecule has 0 atom stereocenters. The van der Waals surface area contributed by atoms with E-state index in [4.69, 9.17) is 23.2 Å². The zero-order chi connectivity index (χ0) is 15.9. The van der Waals surface area contributed by atoms with E-state index in [0.717, 1.165) is 10.2 Å². The van der Waals surface area contributed by atoms with Crippen molar-refractivity contribution in [2.45, 2.75) is 19.9 Å². The summed E-state index contributed by atoms with van der Waals surface area (Å²) in [6.07, 6.45) is 1.73. The molecule has 0 fully saturated rings. The van der Waals surface area contributed by atoms with Crippen LogP contribution in [0.2, 0.25) is 10.3 Å². The number of halogens is 3. The minimum Gasteiger partial charge on any atom is -0.337 e. The number of aromatic nitrogens is 4. The molecule has 0 bridgehead atoms. The highest BCUT2D eigenvalue weighted by Gasteiger charge is 2.15. The van der Waals surface area contributed by atoms with Crippen LogP contribution in [0.4, 0.5) is 11.5 Å². The van der Waals surface area contributed by atoms with Gasteiger partial charge in [0.15, 0.2) is 17.0 Å². The lowest BCUT2D eigenvalue weighted by Gasteiger charge is -2.10. The van der Waals surface area contributed by atoms with Crippen LogP contribution in [0.15, 0.2) is 29.0 Å². The van der Waals surface area contributed by atoms with Gasteiger partial charge in [0.05, 0.1) is 17.0 Å². The Hall–Kier alpha value is -1.37. The van der Waals surface area contributed by atoms with Crippen molar-refractivity contribution in [3.8, 4) is 0 Å². The van der Waals surface area contributed by atoms with Gasteiger partial charge < -0.3 is 9.88 Å². The van der Waals surface area contributed by atoms with E-state index in [1.807, 2.05) is 16.7 Å². The topological polar surface area (TPSA) is 55.6 Å². The van der Waals surface area contributed by atoms with Crippen LogP contribution in [0, 0.1) is 0 Å². The highest BCUT2D eigenvalue weighted by Crippen LogP contribution is 2.31. The van der Waals surface area contributed by atoms with E-state index in [-0.39, 0.29) is 11.3 Å². The Bertz CT molecular complexity index is 847. The summed E-state index contributed by atoms with van der Waals surface area (Å²) in [6.45, 7) is 4.10. The van der Waals surface area contributed by atoms with Crippen molar-refractivity contribution >= 4 is 61.8 Å². The summed E-state index contributed by atoms with van der Waals surface area (Å²) < 4.78 is 2.84. The molecule has 22 heavy (non-hydrogen) atoms. The SMILES string of the molecule is CC(C)n1cnc2c(Nc3ccc(Br)cc3Cl)nc(Cl)nc21. The van der Waals surface area contributed by atoms with Crippen molar-refractivity contribution < 1.29 is 0 Å². The Labute approximate surface area is 145 Å². The summed E-state index contributed by atoms with van der Waals surface area (Å²) in [6, 6.07) is 5.77. The number of hydrogen-bond acceptors (Lipinski definition) is 4. The molecule has 0 aliphatic carbocycles. The summed E-state index contributed by atoms with van der Waals surface area (Å²) in [5.74, 6) is 0.527. The summed E-state index contributed by atoms with van der Waals surface area (Å²) in [4.78, 5) is 12.9. The maximum atomic E-state index is 6.23. The van der Waals surface area contributed by atoms with Gasteiger partial charge in [0.25, 0.3) is 0 Å². The zero-order valence-corrected chi connectivity index (χ0v) is 14.9. The fourth-order valence-electron chi connectivity index (χ4n) is 2.07. The Morgan fingerprint density at radius 2 is 2.00 bits per heavy atom. The van der Waals surface area contributed by atoms with Gasteiger partial charge in [-0.05, 0) is 43.6 Å². The lowest BCUT2D eigenvalue weighted by molar-refractivity contribution is 0.612. The third-order valence-electron chi connectivity index (χ3n) is 3.13.